The molecule has 1 aromatic carbocycles. The maximum atomic E-state index is 12.8. The van der Waals surface area contributed by atoms with Crippen molar-refractivity contribution in [2.24, 2.45) is 5.10 Å². The molecular weight excluding hydrogens is 357 g/mol. The average Bonchev–Trinajstić information content (AvgIpc) is 3.18. The number of H-pyrrole nitrogens is 1. The van der Waals surface area contributed by atoms with E-state index in [-0.39, 0.29) is 17.1 Å². The molecule has 0 aliphatic rings. The Morgan fingerprint density at radius 3 is 2.72 bits per heavy atom. The Labute approximate surface area is 144 Å². The molecule has 0 spiro atoms. The number of aromatic amines is 1. The van der Waals surface area contributed by atoms with Crippen molar-refractivity contribution in [3.8, 4) is 5.75 Å². The molecule has 0 aliphatic heterocycles. The number of halogens is 3. The van der Waals surface area contributed by atoms with Gasteiger partial charge < -0.3 is 9.15 Å². The normalized spacial score (nSPS) is 12.0. The van der Waals surface area contributed by atoms with Crippen molar-refractivity contribution in [2.75, 3.05) is 0 Å². The third-order valence-corrected chi connectivity index (χ3v) is 3.28. The van der Waals surface area contributed by atoms with Crippen molar-refractivity contribution in [1.29, 1.82) is 0 Å². The third kappa shape index (κ3) is 4.15. The van der Waals surface area contributed by atoms with E-state index in [1.165, 1.54) is 0 Å². The van der Waals surface area contributed by atoms with E-state index in [0.717, 1.165) is 6.21 Å². The molecule has 2 aromatic heterocycles. The maximum absolute atomic E-state index is 12.8. The summed E-state index contributed by atoms with van der Waals surface area (Å²) < 4.78 is 49.5. The first-order valence-electron chi connectivity index (χ1n) is 6.99. The number of benzene rings is 1. The third-order valence-electron chi connectivity index (χ3n) is 3.01. The monoisotopic (exact) mass is 368 g/mol. The van der Waals surface area contributed by atoms with Crippen molar-refractivity contribution in [3.63, 3.8) is 0 Å². The molecule has 0 bridgehead atoms. The lowest BCUT2D eigenvalue weighted by molar-refractivity contribution is -0.147. The highest BCUT2D eigenvalue weighted by atomic mass is 32.1. The molecule has 0 saturated heterocycles. The Balaban J connectivity index is 1.71. The Kier molecular flexibility index (Phi) is 4.70. The van der Waals surface area contributed by atoms with Gasteiger partial charge in [-0.15, -0.1) is 5.10 Å². The number of rotatable bonds is 5. The minimum Gasteiger partial charge on any atom is -0.486 e. The van der Waals surface area contributed by atoms with Gasteiger partial charge in [0, 0.05) is 0 Å². The van der Waals surface area contributed by atoms with E-state index >= 15 is 0 Å². The fourth-order valence-electron chi connectivity index (χ4n) is 1.91. The molecule has 0 unspecified atom stereocenters. The van der Waals surface area contributed by atoms with Crippen LogP contribution in [-0.4, -0.2) is 21.1 Å². The Hall–Kier alpha value is -2.88. The van der Waals surface area contributed by atoms with Gasteiger partial charge in [0.2, 0.25) is 4.77 Å². The van der Waals surface area contributed by atoms with Gasteiger partial charge in [-0.1, -0.05) is 18.2 Å². The Morgan fingerprint density at radius 2 is 2.00 bits per heavy atom. The molecule has 0 fully saturated rings. The minimum absolute atomic E-state index is 0.177. The number of aromatic nitrogens is 3. The fourth-order valence-corrected chi connectivity index (χ4v) is 2.09. The van der Waals surface area contributed by atoms with Gasteiger partial charge in [-0.3, -0.25) is 0 Å². The number of hydrogen-bond donors (Lipinski definition) is 1. The van der Waals surface area contributed by atoms with Gasteiger partial charge in [0.15, 0.2) is 0 Å². The highest BCUT2D eigenvalue weighted by Crippen LogP contribution is 2.27. The van der Waals surface area contributed by atoms with E-state index in [2.05, 4.69) is 15.3 Å². The summed E-state index contributed by atoms with van der Waals surface area (Å²) in [5.41, 5.74) is 0. The summed E-state index contributed by atoms with van der Waals surface area (Å²) in [6.07, 6.45) is -3.56. The molecule has 25 heavy (non-hydrogen) atoms. The fraction of sp³-hybridized carbons (Fsp3) is 0.133. The number of hydrogen-bond acceptors (Lipinski definition) is 5. The predicted molar refractivity (Wildman–Crippen MR) is 84.9 cm³/mol. The summed E-state index contributed by atoms with van der Waals surface area (Å²) >= 11 is 4.74. The highest BCUT2D eigenvalue weighted by Gasteiger charge is 2.37. The number of ether oxygens (including phenoxy) is 1. The van der Waals surface area contributed by atoms with Crippen LogP contribution in [0.4, 0.5) is 13.2 Å². The number of nitrogens with zero attached hydrogens (tertiary/aromatic N) is 3. The molecule has 1 N–H and O–H groups in total. The van der Waals surface area contributed by atoms with E-state index in [1.54, 1.807) is 24.3 Å². The largest absolute Gasteiger partial charge is 0.486 e. The van der Waals surface area contributed by atoms with Crippen LogP contribution in [0.15, 0.2) is 52.0 Å². The van der Waals surface area contributed by atoms with Crippen LogP contribution >= 0.6 is 12.2 Å². The first-order chi connectivity index (χ1) is 11.9. The summed E-state index contributed by atoms with van der Waals surface area (Å²) in [4.78, 5) is 0. The zero-order valence-electron chi connectivity index (χ0n) is 12.5. The van der Waals surface area contributed by atoms with E-state index in [4.69, 9.17) is 21.4 Å². The van der Waals surface area contributed by atoms with Crippen LogP contribution < -0.4 is 4.74 Å². The van der Waals surface area contributed by atoms with Gasteiger partial charge in [0.05, 0.1) is 6.21 Å². The molecule has 3 aromatic rings. The summed E-state index contributed by atoms with van der Waals surface area (Å²) in [7, 11) is 0. The van der Waals surface area contributed by atoms with Crippen LogP contribution in [0.25, 0.3) is 0 Å². The molecule has 3 rings (SSSR count). The molecular formula is C15H11F3N4O2S. The van der Waals surface area contributed by atoms with E-state index < -0.39 is 12.0 Å². The first kappa shape index (κ1) is 17.0. The summed E-state index contributed by atoms with van der Waals surface area (Å²) in [5.74, 6) is 0.182. The molecule has 0 saturated carbocycles. The lowest BCUT2D eigenvalue weighted by Gasteiger charge is -2.03. The number of nitrogens with one attached hydrogen (secondary N) is 1. The second-order valence-electron chi connectivity index (χ2n) is 4.81. The van der Waals surface area contributed by atoms with Gasteiger partial charge >= 0.3 is 6.18 Å². The number of para-hydroxylation sites is 1. The summed E-state index contributed by atoms with van der Waals surface area (Å²) in [6, 6.07) is 12.3. The topological polar surface area (TPSA) is 68.3 Å². The second kappa shape index (κ2) is 6.93. The van der Waals surface area contributed by atoms with Gasteiger partial charge in [-0.25, -0.2) is 5.10 Å². The average molecular weight is 368 g/mol. The Bertz CT molecular complexity index is 928. The smallest absolute Gasteiger partial charge is 0.453 e. The lowest BCUT2D eigenvalue weighted by Crippen LogP contribution is -2.12. The zero-order valence-corrected chi connectivity index (χ0v) is 13.3. The van der Waals surface area contributed by atoms with Crippen molar-refractivity contribution < 1.29 is 22.3 Å². The van der Waals surface area contributed by atoms with Crippen LogP contribution in [0, 0.1) is 4.77 Å². The predicted octanol–water partition coefficient (Wildman–Crippen LogP) is 4.01. The quantitative estimate of drug-likeness (QED) is 0.546. The molecule has 0 amide bonds. The molecule has 6 nitrogen and oxygen atoms in total. The van der Waals surface area contributed by atoms with E-state index in [1.807, 2.05) is 18.2 Å². The molecule has 0 atom stereocenters. The van der Waals surface area contributed by atoms with Crippen molar-refractivity contribution in [3.05, 3.63) is 64.6 Å². The van der Waals surface area contributed by atoms with Crippen LogP contribution in [0.1, 0.15) is 17.3 Å². The minimum atomic E-state index is -4.68. The Morgan fingerprint density at radius 1 is 1.24 bits per heavy atom. The summed E-state index contributed by atoms with van der Waals surface area (Å²) in [6.45, 7) is 0.177. The standard InChI is InChI=1S/C15H11F3N4O2S/c16-15(17,18)13-20-21-14(25)22(13)19-8-11-6-7-12(24-11)9-23-10-4-2-1-3-5-10/h1-8H,9H2,(H,21,25). The molecule has 0 aliphatic carbocycles. The zero-order chi connectivity index (χ0) is 17.9. The van der Waals surface area contributed by atoms with Crippen LogP contribution in [0.2, 0.25) is 0 Å². The van der Waals surface area contributed by atoms with Crippen molar-refractivity contribution >= 4 is 18.4 Å². The highest BCUT2D eigenvalue weighted by molar-refractivity contribution is 7.71. The van der Waals surface area contributed by atoms with Crippen molar-refractivity contribution in [1.82, 2.24) is 14.9 Å². The second-order valence-corrected chi connectivity index (χ2v) is 5.20. The van der Waals surface area contributed by atoms with E-state index in [9.17, 15) is 13.2 Å². The van der Waals surface area contributed by atoms with Crippen LogP contribution in [0.5, 0.6) is 5.75 Å². The van der Waals surface area contributed by atoms with Gasteiger partial charge in [0.1, 0.15) is 23.9 Å². The summed E-state index contributed by atoms with van der Waals surface area (Å²) in [5, 5.41) is 8.85. The number of alkyl halides is 3. The first-order valence-corrected chi connectivity index (χ1v) is 7.40. The van der Waals surface area contributed by atoms with Crippen LogP contribution in [-0.2, 0) is 12.8 Å². The van der Waals surface area contributed by atoms with Gasteiger partial charge in [0.25, 0.3) is 5.82 Å². The number of furan rings is 1. The maximum Gasteiger partial charge on any atom is 0.453 e. The van der Waals surface area contributed by atoms with E-state index in [0.29, 0.717) is 16.2 Å². The molecule has 2 heterocycles. The SMILES string of the molecule is FC(F)(F)c1n[nH]c(=S)n1N=Cc1ccc(COc2ccccc2)o1. The lowest BCUT2D eigenvalue weighted by atomic mass is 10.3. The van der Waals surface area contributed by atoms with Crippen LogP contribution in [0.3, 0.4) is 0 Å². The molecule has 130 valence electrons. The van der Waals surface area contributed by atoms with Crippen molar-refractivity contribution in [2.45, 2.75) is 12.8 Å². The van der Waals surface area contributed by atoms with Gasteiger partial charge in [-0.2, -0.15) is 22.9 Å². The van der Waals surface area contributed by atoms with Gasteiger partial charge in [-0.05, 0) is 36.5 Å². The molecule has 10 heteroatoms. The molecule has 0 radical (unpaired) electrons.